The molecule has 25 heavy (non-hydrogen) atoms. The summed E-state index contributed by atoms with van der Waals surface area (Å²) >= 11 is 1.66. The van der Waals surface area contributed by atoms with Gasteiger partial charge in [-0.25, -0.2) is 0 Å². The Hall–Kier alpha value is -1.24. The van der Waals surface area contributed by atoms with E-state index in [9.17, 15) is 9.59 Å². The molecule has 0 aliphatic carbocycles. The molecule has 1 saturated heterocycles. The molecule has 140 valence electrons. The molecular formula is C18H28ClN3O2S. The predicted octanol–water partition coefficient (Wildman–Crippen LogP) is 2.82. The summed E-state index contributed by atoms with van der Waals surface area (Å²) in [6, 6.07) is 7.87. The largest absolute Gasteiger partial charge is 0.352 e. The number of nitrogens with two attached hydrogens (primary N) is 1. The van der Waals surface area contributed by atoms with Gasteiger partial charge in [0.25, 0.3) is 0 Å². The highest BCUT2D eigenvalue weighted by Crippen LogP contribution is 2.27. The number of benzene rings is 1. The van der Waals surface area contributed by atoms with Crippen LogP contribution in [0, 0.1) is 5.92 Å². The van der Waals surface area contributed by atoms with Crippen molar-refractivity contribution in [2.75, 3.05) is 24.2 Å². The monoisotopic (exact) mass is 385 g/mol. The Morgan fingerprint density at radius 1 is 1.40 bits per heavy atom. The van der Waals surface area contributed by atoms with E-state index in [0.717, 1.165) is 29.8 Å². The lowest BCUT2D eigenvalue weighted by Gasteiger charge is -2.20. The van der Waals surface area contributed by atoms with Gasteiger partial charge in [-0.15, -0.1) is 24.2 Å². The molecule has 5 nitrogen and oxygen atoms in total. The van der Waals surface area contributed by atoms with E-state index in [2.05, 4.69) is 12.2 Å². The third-order valence-electron chi connectivity index (χ3n) is 4.42. The first kappa shape index (κ1) is 21.8. The number of hydrogen-bond donors (Lipinski definition) is 2. The summed E-state index contributed by atoms with van der Waals surface area (Å²) in [6.07, 6.45) is 5.29. The van der Waals surface area contributed by atoms with Crippen molar-refractivity contribution in [1.82, 2.24) is 5.32 Å². The van der Waals surface area contributed by atoms with Crippen LogP contribution in [0.5, 0.6) is 0 Å². The van der Waals surface area contributed by atoms with E-state index in [-0.39, 0.29) is 42.6 Å². The molecular weight excluding hydrogens is 358 g/mol. The Labute approximate surface area is 160 Å². The minimum Gasteiger partial charge on any atom is -0.352 e. The number of anilines is 1. The Morgan fingerprint density at radius 3 is 2.64 bits per heavy atom. The normalized spacial score (nSPS) is 18.0. The van der Waals surface area contributed by atoms with Gasteiger partial charge in [-0.3, -0.25) is 9.59 Å². The number of carbonyl (C=O) groups excluding carboxylic acids is 2. The van der Waals surface area contributed by atoms with Gasteiger partial charge in [-0.05, 0) is 36.9 Å². The fourth-order valence-corrected chi connectivity index (χ4v) is 3.32. The highest BCUT2D eigenvalue weighted by Gasteiger charge is 2.35. The molecule has 1 fully saturated rings. The maximum atomic E-state index is 12.5. The molecule has 1 aromatic carbocycles. The van der Waals surface area contributed by atoms with Crippen LogP contribution in [0.25, 0.3) is 0 Å². The number of nitrogens with one attached hydrogen (secondary N) is 1. The molecule has 1 heterocycles. The van der Waals surface area contributed by atoms with E-state index >= 15 is 0 Å². The van der Waals surface area contributed by atoms with Crippen LogP contribution in [0.1, 0.15) is 32.6 Å². The third-order valence-corrected chi connectivity index (χ3v) is 5.16. The minimum absolute atomic E-state index is 0. The standard InChI is InChI=1S/C18H27N3O2S.ClH/c1-3-4-5-14(11-19)20-18(23)13-10-17(22)21(12-13)15-6-8-16(24-2)9-7-15;/h6-9,13-14H,3-5,10-12,19H2,1-2H3,(H,20,23);1H. The quantitative estimate of drug-likeness (QED) is 0.674. The molecule has 2 atom stereocenters. The van der Waals surface area contributed by atoms with Gasteiger partial charge in [-0.1, -0.05) is 19.8 Å². The molecule has 7 heteroatoms. The summed E-state index contributed by atoms with van der Waals surface area (Å²) in [4.78, 5) is 27.6. The van der Waals surface area contributed by atoms with Crippen molar-refractivity contribution in [2.24, 2.45) is 11.7 Å². The van der Waals surface area contributed by atoms with Crippen molar-refractivity contribution < 1.29 is 9.59 Å². The van der Waals surface area contributed by atoms with E-state index in [1.54, 1.807) is 16.7 Å². The highest BCUT2D eigenvalue weighted by molar-refractivity contribution is 7.98. The van der Waals surface area contributed by atoms with Crippen LogP contribution >= 0.6 is 24.2 Å². The molecule has 2 unspecified atom stereocenters. The van der Waals surface area contributed by atoms with Crippen molar-refractivity contribution in [2.45, 2.75) is 43.5 Å². The average Bonchev–Trinajstić information content (AvgIpc) is 3.00. The molecule has 0 radical (unpaired) electrons. The Kier molecular flexibility index (Phi) is 9.32. The number of thioether (sulfide) groups is 1. The lowest BCUT2D eigenvalue weighted by atomic mass is 10.1. The third kappa shape index (κ3) is 5.90. The van der Waals surface area contributed by atoms with Crippen LogP contribution in [-0.2, 0) is 9.59 Å². The van der Waals surface area contributed by atoms with Gasteiger partial charge in [0.15, 0.2) is 0 Å². The number of nitrogens with zero attached hydrogens (tertiary/aromatic N) is 1. The molecule has 0 saturated carbocycles. The van der Waals surface area contributed by atoms with E-state index in [1.165, 1.54) is 0 Å². The summed E-state index contributed by atoms with van der Waals surface area (Å²) in [7, 11) is 0. The van der Waals surface area contributed by atoms with Crippen LogP contribution in [0.15, 0.2) is 29.2 Å². The summed E-state index contributed by atoms with van der Waals surface area (Å²) in [5.41, 5.74) is 6.60. The first-order valence-electron chi connectivity index (χ1n) is 8.53. The van der Waals surface area contributed by atoms with Gasteiger partial charge in [0.2, 0.25) is 11.8 Å². The fourth-order valence-electron chi connectivity index (χ4n) is 2.91. The number of amides is 2. The maximum Gasteiger partial charge on any atom is 0.227 e. The van der Waals surface area contributed by atoms with Crippen molar-refractivity contribution in [3.63, 3.8) is 0 Å². The van der Waals surface area contributed by atoms with Gasteiger partial charge in [-0.2, -0.15) is 0 Å². The highest BCUT2D eigenvalue weighted by atomic mass is 35.5. The molecule has 0 bridgehead atoms. The number of halogens is 1. The summed E-state index contributed by atoms with van der Waals surface area (Å²) in [5.74, 6) is -0.351. The topological polar surface area (TPSA) is 75.4 Å². The summed E-state index contributed by atoms with van der Waals surface area (Å²) < 4.78 is 0. The van der Waals surface area contributed by atoms with Crippen LogP contribution in [0.4, 0.5) is 5.69 Å². The summed E-state index contributed by atoms with van der Waals surface area (Å²) in [5, 5.41) is 3.01. The van der Waals surface area contributed by atoms with E-state index < -0.39 is 0 Å². The smallest absolute Gasteiger partial charge is 0.227 e. The zero-order chi connectivity index (χ0) is 17.5. The first-order valence-corrected chi connectivity index (χ1v) is 9.76. The lowest BCUT2D eigenvalue weighted by molar-refractivity contribution is -0.126. The molecule has 1 aliphatic heterocycles. The molecule has 0 aromatic heterocycles. The van der Waals surface area contributed by atoms with Crippen LogP contribution in [-0.4, -0.2) is 37.2 Å². The second-order valence-corrected chi connectivity index (χ2v) is 7.07. The van der Waals surface area contributed by atoms with Gasteiger partial charge >= 0.3 is 0 Å². The molecule has 1 aromatic rings. The van der Waals surface area contributed by atoms with Gasteiger partial charge < -0.3 is 16.0 Å². The number of rotatable bonds is 8. The van der Waals surface area contributed by atoms with Crippen LogP contribution in [0.3, 0.4) is 0 Å². The molecule has 1 aliphatic rings. The Bertz CT molecular complexity index is 568. The Balaban J connectivity index is 0.00000312. The van der Waals surface area contributed by atoms with Crippen molar-refractivity contribution in [1.29, 1.82) is 0 Å². The zero-order valence-electron chi connectivity index (χ0n) is 14.9. The van der Waals surface area contributed by atoms with Crippen LogP contribution in [0.2, 0.25) is 0 Å². The number of carbonyl (C=O) groups is 2. The number of hydrogen-bond acceptors (Lipinski definition) is 4. The van der Waals surface area contributed by atoms with Crippen molar-refractivity contribution in [3.05, 3.63) is 24.3 Å². The fraction of sp³-hybridized carbons (Fsp3) is 0.556. The maximum absolute atomic E-state index is 12.5. The predicted molar refractivity (Wildman–Crippen MR) is 106 cm³/mol. The Morgan fingerprint density at radius 2 is 2.08 bits per heavy atom. The minimum atomic E-state index is -0.298. The van der Waals surface area contributed by atoms with E-state index in [1.807, 2.05) is 30.5 Å². The summed E-state index contributed by atoms with van der Waals surface area (Å²) in [6.45, 7) is 2.99. The van der Waals surface area contributed by atoms with Gasteiger partial charge in [0, 0.05) is 36.1 Å². The molecule has 3 N–H and O–H groups in total. The van der Waals surface area contributed by atoms with Crippen molar-refractivity contribution >= 4 is 41.7 Å². The lowest BCUT2D eigenvalue weighted by Crippen LogP contribution is -2.43. The first-order chi connectivity index (χ1) is 11.6. The van der Waals surface area contributed by atoms with Crippen LogP contribution < -0.4 is 16.0 Å². The zero-order valence-corrected chi connectivity index (χ0v) is 16.5. The van der Waals surface area contributed by atoms with E-state index in [4.69, 9.17) is 5.73 Å². The second kappa shape index (κ2) is 10.7. The number of unbranched alkanes of at least 4 members (excludes halogenated alkanes) is 1. The molecule has 2 amide bonds. The molecule has 0 spiro atoms. The second-order valence-electron chi connectivity index (χ2n) is 6.19. The van der Waals surface area contributed by atoms with E-state index in [0.29, 0.717) is 13.1 Å². The SMILES string of the molecule is CCCCC(CN)NC(=O)C1CC(=O)N(c2ccc(SC)cc2)C1.Cl. The van der Waals surface area contributed by atoms with Gasteiger partial charge in [0.05, 0.1) is 5.92 Å². The van der Waals surface area contributed by atoms with Gasteiger partial charge in [0.1, 0.15) is 0 Å². The molecule has 2 rings (SSSR count). The average molecular weight is 386 g/mol. The van der Waals surface area contributed by atoms with Crippen molar-refractivity contribution in [3.8, 4) is 0 Å².